The molecule has 1 amide bonds. The first-order valence-corrected chi connectivity index (χ1v) is 4.99. The van der Waals surface area contributed by atoms with Gasteiger partial charge in [-0.05, 0) is 6.07 Å². The number of halogens is 1. The molecule has 18 heavy (non-hydrogen) atoms. The summed E-state index contributed by atoms with van der Waals surface area (Å²) in [5.41, 5.74) is -0.884. The van der Waals surface area contributed by atoms with Crippen molar-refractivity contribution < 1.29 is 19.2 Å². The molecule has 0 saturated carbocycles. The number of rotatable bonds is 4. The van der Waals surface area contributed by atoms with Crippen LogP contribution in [0, 0.1) is 10.1 Å². The average molecular weight is 274 g/mol. The second-order valence-corrected chi connectivity index (χ2v) is 3.37. The second kappa shape index (κ2) is 5.92. The van der Waals surface area contributed by atoms with E-state index in [4.69, 9.17) is 11.6 Å². The monoisotopic (exact) mass is 273 g/mol. The van der Waals surface area contributed by atoms with Gasteiger partial charge >= 0.3 is 11.7 Å². The molecule has 1 aromatic rings. The van der Waals surface area contributed by atoms with Crippen molar-refractivity contribution in [1.29, 1.82) is 0 Å². The Bertz CT molecular complexity index is 505. The third-order valence-electron chi connectivity index (χ3n) is 1.93. The van der Waals surface area contributed by atoms with Gasteiger partial charge in [0.25, 0.3) is 5.91 Å². The summed E-state index contributed by atoms with van der Waals surface area (Å²) < 4.78 is 4.31. The van der Waals surface area contributed by atoms with Gasteiger partial charge in [0.15, 0.2) is 0 Å². The molecule has 1 aromatic heterocycles. The summed E-state index contributed by atoms with van der Waals surface area (Å²) in [6, 6.07) is 1.14. The summed E-state index contributed by atoms with van der Waals surface area (Å²) in [7, 11) is 1.15. The topological polar surface area (TPSA) is 111 Å². The predicted octanol–water partition coefficient (Wildman–Crippen LogP) is 0.546. The third-order valence-corrected chi connectivity index (χ3v) is 2.20. The lowest BCUT2D eigenvalue weighted by Crippen LogP contribution is -2.30. The fourth-order valence-corrected chi connectivity index (χ4v) is 1.33. The van der Waals surface area contributed by atoms with E-state index in [1.165, 1.54) is 0 Å². The Morgan fingerprint density at radius 1 is 1.61 bits per heavy atom. The fourth-order valence-electron chi connectivity index (χ4n) is 1.11. The van der Waals surface area contributed by atoms with Crippen molar-refractivity contribution in [3.05, 3.63) is 33.1 Å². The minimum atomic E-state index is -0.817. The predicted molar refractivity (Wildman–Crippen MR) is 60.3 cm³/mol. The van der Waals surface area contributed by atoms with E-state index in [0.29, 0.717) is 0 Å². The molecular formula is C9H8ClN3O5. The number of hydrogen-bond donors (Lipinski definition) is 1. The van der Waals surface area contributed by atoms with Crippen LogP contribution in [0.15, 0.2) is 12.3 Å². The smallest absolute Gasteiger partial charge is 0.325 e. The normalized spacial score (nSPS) is 9.67. The SMILES string of the molecule is COC(=O)CNC(=O)c1ccnc(Cl)c1[N+](=O)[O-]. The van der Waals surface area contributed by atoms with E-state index in [2.05, 4.69) is 15.0 Å². The molecule has 0 aliphatic heterocycles. The maximum atomic E-state index is 11.6. The third kappa shape index (κ3) is 3.14. The van der Waals surface area contributed by atoms with Crippen LogP contribution in [0.5, 0.6) is 0 Å². The number of amides is 1. The van der Waals surface area contributed by atoms with Crippen LogP contribution in [-0.4, -0.2) is 35.4 Å². The molecule has 1 N–H and O–H groups in total. The van der Waals surface area contributed by atoms with Crippen molar-refractivity contribution in [2.24, 2.45) is 0 Å². The minimum absolute atomic E-state index is 0.274. The van der Waals surface area contributed by atoms with Gasteiger partial charge in [-0.15, -0.1) is 0 Å². The van der Waals surface area contributed by atoms with Gasteiger partial charge in [-0.2, -0.15) is 0 Å². The Hall–Kier alpha value is -2.22. The molecule has 0 unspecified atom stereocenters. The van der Waals surface area contributed by atoms with Gasteiger partial charge in [-0.25, -0.2) is 4.98 Å². The van der Waals surface area contributed by atoms with E-state index >= 15 is 0 Å². The van der Waals surface area contributed by atoms with E-state index < -0.39 is 34.2 Å². The highest BCUT2D eigenvalue weighted by Crippen LogP contribution is 2.25. The highest BCUT2D eigenvalue weighted by Gasteiger charge is 2.24. The molecule has 9 heteroatoms. The number of nitrogens with zero attached hydrogens (tertiary/aromatic N) is 2. The Kier molecular flexibility index (Phi) is 4.55. The Balaban J connectivity index is 2.96. The van der Waals surface area contributed by atoms with Crippen molar-refractivity contribution in [2.75, 3.05) is 13.7 Å². The zero-order valence-electron chi connectivity index (χ0n) is 9.18. The molecule has 0 bridgehead atoms. The summed E-state index contributed by atoms with van der Waals surface area (Å²) in [5.74, 6) is -1.48. The molecule has 0 fully saturated rings. The van der Waals surface area contributed by atoms with Gasteiger partial charge in [-0.1, -0.05) is 11.6 Å². The van der Waals surface area contributed by atoms with Crippen LogP contribution in [0.2, 0.25) is 5.15 Å². The van der Waals surface area contributed by atoms with Crippen LogP contribution in [0.4, 0.5) is 5.69 Å². The van der Waals surface area contributed by atoms with Gasteiger partial charge in [0, 0.05) is 6.20 Å². The van der Waals surface area contributed by atoms with Crippen molar-refractivity contribution >= 4 is 29.2 Å². The summed E-state index contributed by atoms with van der Waals surface area (Å²) in [4.78, 5) is 35.9. The first-order valence-electron chi connectivity index (χ1n) is 4.61. The summed E-state index contributed by atoms with van der Waals surface area (Å²) >= 11 is 5.53. The summed E-state index contributed by atoms with van der Waals surface area (Å²) in [6.45, 7) is -0.396. The highest BCUT2D eigenvalue weighted by atomic mass is 35.5. The van der Waals surface area contributed by atoms with E-state index in [9.17, 15) is 19.7 Å². The summed E-state index contributed by atoms with van der Waals surface area (Å²) in [5, 5.41) is 12.5. The Labute approximate surface area is 106 Å². The first-order chi connectivity index (χ1) is 8.47. The van der Waals surface area contributed by atoms with Crippen molar-refractivity contribution in [2.45, 2.75) is 0 Å². The number of methoxy groups -OCH3 is 1. The number of carbonyl (C=O) groups is 2. The number of nitrogens with one attached hydrogen (secondary N) is 1. The molecule has 8 nitrogen and oxygen atoms in total. The largest absolute Gasteiger partial charge is 0.468 e. The van der Waals surface area contributed by atoms with Crippen molar-refractivity contribution in [1.82, 2.24) is 10.3 Å². The van der Waals surface area contributed by atoms with Crippen LogP contribution >= 0.6 is 11.6 Å². The van der Waals surface area contributed by atoms with Crippen LogP contribution < -0.4 is 5.32 Å². The maximum Gasteiger partial charge on any atom is 0.325 e. The zero-order valence-corrected chi connectivity index (χ0v) is 9.93. The molecule has 0 atom stereocenters. The van der Waals surface area contributed by atoms with Gasteiger partial charge in [0.1, 0.15) is 12.1 Å². The molecule has 0 aromatic carbocycles. The maximum absolute atomic E-state index is 11.6. The van der Waals surface area contributed by atoms with Gasteiger partial charge in [-0.3, -0.25) is 19.7 Å². The first kappa shape index (κ1) is 13.8. The molecule has 1 rings (SSSR count). The molecular weight excluding hydrogens is 266 g/mol. The molecule has 0 aliphatic carbocycles. The molecule has 96 valence electrons. The number of ether oxygens (including phenoxy) is 1. The summed E-state index contributed by atoms with van der Waals surface area (Å²) in [6.07, 6.45) is 1.16. The Morgan fingerprint density at radius 3 is 2.83 bits per heavy atom. The van der Waals surface area contributed by atoms with Crippen molar-refractivity contribution in [3.63, 3.8) is 0 Å². The number of nitro groups is 1. The van der Waals surface area contributed by atoms with E-state index in [1.54, 1.807) is 0 Å². The lowest BCUT2D eigenvalue weighted by Gasteiger charge is -2.04. The number of aromatic nitrogens is 1. The lowest BCUT2D eigenvalue weighted by molar-refractivity contribution is -0.385. The molecule has 0 spiro atoms. The number of carbonyl (C=O) groups excluding carboxylic acids is 2. The standard InChI is InChI=1S/C9H8ClN3O5/c1-18-6(14)4-12-9(15)5-2-3-11-8(10)7(5)13(16)17/h2-3H,4H2,1H3,(H,12,15). The number of hydrogen-bond acceptors (Lipinski definition) is 6. The van der Waals surface area contributed by atoms with Crippen LogP contribution in [0.25, 0.3) is 0 Å². The van der Waals surface area contributed by atoms with E-state index in [-0.39, 0.29) is 5.56 Å². The number of esters is 1. The highest BCUT2D eigenvalue weighted by molar-refractivity contribution is 6.32. The number of pyridine rings is 1. The van der Waals surface area contributed by atoms with Crippen LogP contribution in [0.3, 0.4) is 0 Å². The van der Waals surface area contributed by atoms with Gasteiger partial charge < -0.3 is 10.1 Å². The molecule has 0 saturated heterocycles. The Morgan fingerprint density at radius 2 is 2.28 bits per heavy atom. The zero-order chi connectivity index (χ0) is 13.7. The second-order valence-electron chi connectivity index (χ2n) is 3.01. The molecule has 0 aliphatic rings. The molecule has 0 radical (unpaired) electrons. The lowest BCUT2D eigenvalue weighted by atomic mass is 10.2. The van der Waals surface area contributed by atoms with Gasteiger partial charge in [0.05, 0.1) is 12.0 Å². The van der Waals surface area contributed by atoms with Crippen molar-refractivity contribution in [3.8, 4) is 0 Å². The average Bonchev–Trinajstić information content (AvgIpc) is 2.34. The van der Waals surface area contributed by atoms with E-state index in [1.807, 2.05) is 0 Å². The fraction of sp³-hybridized carbons (Fsp3) is 0.222. The minimum Gasteiger partial charge on any atom is -0.468 e. The molecule has 1 heterocycles. The van der Waals surface area contributed by atoms with Crippen LogP contribution in [0.1, 0.15) is 10.4 Å². The van der Waals surface area contributed by atoms with Gasteiger partial charge in [0.2, 0.25) is 5.15 Å². The van der Waals surface area contributed by atoms with Crippen LogP contribution in [-0.2, 0) is 9.53 Å². The van der Waals surface area contributed by atoms with E-state index in [0.717, 1.165) is 19.4 Å². The quantitative estimate of drug-likeness (QED) is 0.371.